The second-order valence-electron chi connectivity index (χ2n) is 18.5. The molecule has 0 spiro atoms. The number of guanidine groups is 2. The van der Waals surface area contributed by atoms with Crippen molar-refractivity contribution < 1.29 is 47.6 Å². The largest absolute Gasteiger partial charge is 0.459 e. The Bertz CT molecular complexity index is 2460. The number of carbonyl (C=O) groups is 9. The van der Waals surface area contributed by atoms with Crippen molar-refractivity contribution in [3.8, 4) is 0 Å². The summed E-state index contributed by atoms with van der Waals surface area (Å²) in [6, 6.07) is 11.8. The van der Waals surface area contributed by atoms with Crippen molar-refractivity contribution in [3.63, 3.8) is 0 Å². The number of furan rings is 1. The van der Waals surface area contributed by atoms with Gasteiger partial charge in [0, 0.05) is 32.5 Å². The van der Waals surface area contributed by atoms with Crippen LogP contribution in [0.25, 0.3) is 0 Å². The highest BCUT2D eigenvalue weighted by molar-refractivity contribution is 5.99. The van der Waals surface area contributed by atoms with Crippen LogP contribution in [0.4, 0.5) is 0 Å². The number of carbonyl (C=O) groups excluding carboxylic acids is 9. The number of hydrogen-bond acceptors (Lipinski definition) is 12. The van der Waals surface area contributed by atoms with E-state index in [4.69, 9.17) is 38.8 Å². The number of hydrogen-bond donors (Lipinski definition) is 12. The molecule has 9 amide bonds. The Hall–Kier alpha value is -8.51. The van der Waals surface area contributed by atoms with Gasteiger partial charge in [-0.05, 0) is 74.1 Å². The van der Waals surface area contributed by atoms with Crippen molar-refractivity contribution in [2.24, 2.45) is 50.3 Å². The Labute approximate surface area is 434 Å². The summed E-state index contributed by atoms with van der Waals surface area (Å²) >= 11 is 0. The maximum absolute atomic E-state index is 14.7. The zero-order valence-electron chi connectivity index (χ0n) is 42.2. The number of primary amides is 2. The topological polar surface area (TPSA) is 423 Å². The van der Waals surface area contributed by atoms with Gasteiger partial charge in [0.05, 0.1) is 12.7 Å². The Kier molecular flexibility index (Phi) is 23.5. The van der Waals surface area contributed by atoms with Crippen LogP contribution in [0.3, 0.4) is 0 Å². The van der Waals surface area contributed by atoms with Gasteiger partial charge in [0.1, 0.15) is 42.3 Å². The van der Waals surface area contributed by atoms with Gasteiger partial charge in [-0.1, -0.05) is 74.5 Å². The highest BCUT2D eigenvalue weighted by atomic mass is 16.3. The maximum atomic E-state index is 14.7. The van der Waals surface area contributed by atoms with Gasteiger partial charge in [-0.25, -0.2) is 0 Å². The number of nitrogens with two attached hydrogens (primary N) is 6. The number of likely N-dealkylation sites (tertiary alicyclic amines) is 1. The van der Waals surface area contributed by atoms with Crippen LogP contribution in [0.5, 0.6) is 0 Å². The van der Waals surface area contributed by atoms with Gasteiger partial charge >= 0.3 is 0 Å². The molecule has 75 heavy (non-hydrogen) atoms. The normalized spacial score (nSPS) is 15.3. The summed E-state index contributed by atoms with van der Waals surface area (Å²) < 4.78 is 5.26. The third-order valence-corrected chi connectivity index (χ3v) is 11.9. The van der Waals surface area contributed by atoms with Gasteiger partial charge in [-0.2, -0.15) is 0 Å². The average molecular weight is 1040 g/mol. The van der Waals surface area contributed by atoms with Gasteiger partial charge in [-0.15, -0.1) is 0 Å². The quantitative estimate of drug-likeness (QED) is 0.0192. The minimum atomic E-state index is -1.49. The van der Waals surface area contributed by atoms with E-state index < -0.39 is 102 Å². The van der Waals surface area contributed by atoms with Crippen LogP contribution >= 0.6 is 0 Å². The summed E-state index contributed by atoms with van der Waals surface area (Å²) in [5.74, 6) is -7.62. The molecule has 0 aliphatic carbocycles. The SMILES string of the molecule is CC(C)C[C@H](NC(=O)[C@H](Cc1ccccc1)NC(=O)c1ccco1)C(=O)N[C@@H](Cc1ccccc1)C(=O)N[C@@H](CCCN=C(N)N)C(=O)N1CCC[C@H]1C(=O)N[C@@H](CCCN=C(N)N)C(=O)N[C@@H](CC(N)=O)C(N)=O. The second kappa shape index (κ2) is 29.9. The monoisotopic (exact) mass is 1040 g/mol. The first-order chi connectivity index (χ1) is 35.7. The molecule has 0 unspecified atom stereocenters. The lowest BCUT2D eigenvalue weighted by Crippen LogP contribution is -2.60. The van der Waals surface area contributed by atoms with E-state index >= 15 is 0 Å². The molecule has 406 valence electrons. The summed E-state index contributed by atoms with van der Waals surface area (Å²) in [7, 11) is 0. The molecule has 0 saturated carbocycles. The Balaban J connectivity index is 1.61. The van der Waals surface area contributed by atoms with Gasteiger partial charge in [-0.3, -0.25) is 53.1 Å². The molecular weight excluding hydrogens is 971 g/mol. The smallest absolute Gasteiger partial charge is 0.287 e. The minimum Gasteiger partial charge on any atom is -0.459 e. The van der Waals surface area contributed by atoms with Crippen LogP contribution in [0.2, 0.25) is 0 Å². The summed E-state index contributed by atoms with van der Waals surface area (Å²) in [6.07, 6.45) is 1.67. The fourth-order valence-corrected chi connectivity index (χ4v) is 8.28. The number of benzene rings is 2. The van der Waals surface area contributed by atoms with Crippen LogP contribution in [-0.4, -0.2) is 132 Å². The molecule has 2 aromatic carbocycles. The Morgan fingerprint density at radius 1 is 0.600 bits per heavy atom. The van der Waals surface area contributed by atoms with E-state index in [1.165, 1.54) is 23.3 Å². The predicted molar refractivity (Wildman–Crippen MR) is 277 cm³/mol. The fourth-order valence-electron chi connectivity index (χ4n) is 8.28. The van der Waals surface area contributed by atoms with Gasteiger partial charge in [0.25, 0.3) is 5.91 Å². The minimum absolute atomic E-state index is 0.0233. The fraction of sp³-hybridized carbons (Fsp3) is 0.460. The lowest BCUT2D eigenvalue weighted by Gasteiger charge is -2.31. The van der Waals surface area contributed by atoms with E-state index in [0.717, 1.165) is 5.56 Å². The van der Waals surface area contributed by atoms with E-state index in [-0.39, 0.29) is 94.6 Å². The standard InChI is InChI=1S/C50H71N15O10/c1-29(2)25-35(62-45(71)37(27-31-15-7-4-8-16-31)64-47(73)39-20-12-24-75-39)43(69)63-36(26-30-13-5-3-6-14-30)44(70)60-33(18-10-22-58-50(55)56)48(74)65-23-11-19-38(65)46(72)59-32(17-9-21-57-49(53)54)42(68)61-34(41(52)67)28-40(51)66/h3-8,12-16,20,24,29,32-38H,9-11,17-19,21-23,25-28H2,1-2H3,(H2,51,66)(H2,52,67)(H,59,72)(H,60,70)(H,61,68)(H,62,71)(H,63,69)(H,64,73)(H4,53,54,57)(H4,55,56,58)/t32-,33-,34-,35-,36-,37-,38-/m0/s1. The summed E-state index contributed by atoms with van der Waals surface area (Å²) in [5, 5.41) is 16.1. The number of aliphatic imine (C=N–C) groups is 2. The molecule has 0 radical (unpaired) electrons. The third kappa shape index (κ3) is 20.1. The van der Waals surface area contributed by atoms with Crippen LogP contribution < -0.4 is 66.3 Å². The van der Waals surface area contributed by atoms with Crippen molar-refractivity contribution in [2.45, 2.75) is 120 Å². The molecule has 2 heterocycles. The molecule has 18 N–H and O–H groups in total. The van der Waals surface area contributed by atoms with Crippen LogP contribution in [0.1, 0.15) is 86.9 Å². The number of rotatable bonds is 30. The predicted octanol–water partition coefficient (Wildman–Crippen LogP) is -2.21. The van der Waals surface area contributed by atoms with Crippen LogP contribution in [0, 0.1) is 5.92 Å². The van der Waals surface area contributed by atoms with Crippen LogP contribution in [0.15, 0.2) is 93.5 Å². The Morgan fingerprint density at radius 2 is 1.09 bits per heavy atom. The molecule has 25 nitrogen and oxygen atoms in total. The van der Waals surface area contributed by atoms with Crippen molar-refractivity contribution in [1.82, 2.24) is 36.8 Å². The second-order valence-corrected chi connectivity index (χ2v) is 18.5. The summed E-state index contributed by atoms with van der Waals surface area (Å²) in [6.45, 7) is 3.91. The molecule has 1 aliphatic rings. The molecule has 7 atom stereocenters. The molecule has 3 aromatic rings. The van der Waals surface area contributed by atoms with Crippen molar-refractivity contribution >= 4 is 65.1 Å². The highest BCUT2D eigenvalue weighted by Gasteiger charge is 2.40. The van der Waals surface area contributed by atoms with Crippen LogP contribution in [-0.2, 0) is 51.2 Å². The van der Waals surface area contributed by atoms with E-state index in [9.17, 15) is 43.2 Å². The molecule has 0 bridgehead atoms. The molecule has 1 aliphatic heterocycles. The first-order valence-corrected chi connectivity index (χ1v) is 24.6. The van der Waals surface area contributed by atoms with Crippen molar-refractivity contribution in [1.29, 1.82) is 0 Å². The van der Waals surface area contributed by atoms with E-state index in [1.54, 1.807) is 54.6 Å². The third-order valence-electron chi connectivity index (χ3n) is 11.9. The molecule has 1 aromatic heterocycles. The summed E-state index contributed by atoms with van der Waals surface area (Å²) in [5.41, 5.74) is 34.1. The zero-order valence-corrected chi connectivity index (χ0v) is 42.2. The van der Waals surface area contributed by atoms with E-state index in [2.05, 4.69) is 41.9 Å². The first-order valence-electron chi connectivity index (χ1n) is 24.6. The lowest BCUT2D eigenvalue weighted by atomic mass is 9.99. The molecular formula is C50H71N15O10. The molecule has 4 rings (SSSR count). The number of nitrogens with one attached hydrogen (secondary N) is 6. The average Bonchev–Trinajstić information content (AvgIpc) is 4.09. The van der Waals surface area contributed by atoms with E-state index in [1.807, 2.05) is 19.9 Å². The van der Waals surface area contributed by atoms with Gasteiger partial charge in [0.2, 0.25) is 47.3 Å². The van der Waals surface area contributed by atoms with Gasteiger partial charge in [0.15, 0.2) is 17.7 Å². The molecule has 1 fully saturated rings. The van der Waals surface area contributed by atoms with Gasteiger partial charge < -0.3 is 75.6 Å². The number of amides is 9. The first kappa shape index (κ1) is 59.1. The zero-order chi connectivity index (χ0) is 55.0. The Morgan fingerprint density at radius 3 is 1.60 bits per heavy atom. The van der Waals surface area contributed by atoms with E-state index in [0.29, 0.717) is 12.0 Å². The summed E-state index contributed by atoms with van der Waals surface area (Å²) in [4.78, 5) is 132. The highest BCUT2D eigenvalue weighted by Crippen LogP contribution is 2.21. The lowest BCUT2D eigenvalue weighted by molar-refractivity contribution is -0.142. The number of nitrogens with zero attached hydrogens (tertiary/aromatic N) is 3. The molecule has 1 saturated heterocycles. The maximum Gasteiger partial charge on any atom is 0.287 e. The molecule has 25 heteroatoms. The van der Waals surface area contributed by atoms with Crippen molar-refractivity contribution in [2.75, 3.05) is 19.6 Å². The van der Waals surface area contributed by atoms with Crippen molar-refractivity contribution in [3.05, 3.63) is 95.9 Å².